The van der Waals surface area contributed by atoms with Crippen molar-refractivity contribution in [2.24, 2.45) is 5.41 Å². The maximum Gasteiger partial charge on any atom is 0.522 e. The number of nitrogens with one attached hydrogen (secondary N) is 1. The second-order valence-electron chi connectivity index (χ2n) is 7.24. The molecule has 12 heteroatoms. The Morgan fingerprint density at radius 2 is 1.70 bits per heavy atom. The summed E-state index contributed by atoms with van der Waals surface area (Å²) in [5.74, 6) is -4.31. The van der Waals surface area contributed by atoms with E-state index in [2.05, 4.69) is 10.1 Å². The predicted octanol–water partition coefficient (Wildman–Crippen LogP) is 1.93. The molecular formula is C15H18F6N2O4. The van der Waals surface area contributed by atoms with Crippen LogP contribution in [0.1, 0.15) is 33.1 Å². The zero-order valence-electron chi connectivity index (χ0n) is 14.5. The van der Waals surface area contributed by atoms with E-state index in [1.54, 1.807) is 0 Å². The highest BCUT2D eigenvalue weighted by molar-refractivity contribution is 5.96. The summed E-state index contributed by atoms with van der Waals surface area (Å²) in [5, 5.41) is 2.10. The van der Waals surface area contributed by atoms with Gasteiger partial charge < -0.3 is 10.2 Å². The van der Waals surface area contributed by atoms with Gasteiger partial charge in [0.2, 0.25) is 5.91 Å². The summed E-state index contributed by atoms with van der Waals surface area (Å²) >= 11 is 0. The number of hydrogen-bond acceptors (Lipinski definition) is 4. The molecule has 0 aromatic rings. The van der Waals surface area contributed by atoms with Gasteiger partial charge in [0, 0.05) is 6.54 Å². The normalized spacial score (nSPS) is 25.4. The van der Waals surface area contributed by atoms with Crippen molar-refractivity contribution in [3.8, 4) is 0 Å². The number of nitrogens with zero attached hydrogens (tertiary/aromatic N) is 1. The van der Waals surface area contributed by atoms with E-state index >= 15 is 0 Å². The Hall–Kier alpha value is -1.85. The first-order valence-electron chi connectivity index (χ1n) is 8.03. The van der Waals surface area contributed by atoms with E-state index in [0.717, 1.165) is 13.8 Å². The molecule has 0 aromatic heterocycles. The molecule has 154 valence electrons. The van der Waals surface area contributed by atoms with Crippen molar-refractivity contribution in [1.29, 1.82) is 0 Å². The first-order valence-corrected chi connectivity index (χ1v) is 8.03. The van der Waals surface area contributed by atoms with Crippen molar-refractivity contribution < 1.29 is 45.5 Å². The van der Waals surface area contributed by atoms with Crippen LogP contribution in [0.2, 0.25) is 0 Å². The summed E-state index contributed by atoms with van der Waals surface area (Å²) in [6.07, 6.45) is -9.11. The minimum absolute atomic E-state index is 0.0202. The third kappa shape index (κ3) is 4.71. The molecule has 2 rings (SSSR count). The number of Topliss-reactive ketones (excluding diaryl/α,β-unsaturated/α-hetero) is 1. The Morgan fingerprint density at radius 3 is 2.15 bits per heavy atom. The SMILES string of the molecule is C[C@H](NC(=O)C1(C)CC2(CC2)CN1C(=O)C(F)(F)F)C(=O)COC(F)(F)F. The number of ketones is 1. The van der Waals surface area contributed by atoms with Gasteiger partial charge in [0.15, 0.2) is 5.78 Å². The number of carbonyl (C=O) groups is 3. The number of halogens is 6. The molecule has 0 radical (unpaired) electrons. The van der Waals surface area contributed by atoms with Gasteiger partial charge >= 0.3 is 18.4 Å². The Morgan fingerprint density at radius 1 is 1.15 bits per heavy atom. The van der Waals surface area contributed by atoms with E-state index in [9.17, 15) is 40.7 Å². The molecule has 2 atom stereocenters. The molecule has 1 saturated carbocycles. The molecule has 6 nitrogen and oxygen atoms in total. The van der Waals surface area contributed by atoms with E-state index in [1.165, 1.54) is 0 Å². The second kappa shape index (κ2) is 6.64. The standard InChI is InChI=1S/C15H18F6N2O4/c1-8(9(24)5-27-15(19,20)21)22-10(25)12(2)6-13(3-4-13)7-23(12)11(26)14(16,17)18/h8H,3-7H2,1-2H3,(H,22,25)/t8-,12?/m0/s1. The van der Waals surface area contributed by atoms with Crippen LogP contribution in [0.3, 0.4) is 0 Å². The molecule has 1 aliphatic carbocycles. The largest absolute Gasteiger partial charge is 0.522 e. The van der Waals surface area contributed by atoms with E-state index < -0.39 is 53.7 Å². The summed E-state index contributed by atoms with van der Waals surface area (Å²) in [6.45, 7) is 0.648. The molecule has 2 amide bonds. The Bertz CT molecular complexity index is 643. The molecule has 2 aliphatic rings. The molecular weight excluding hydrogens is 386 g/mol. The number of amides is 2. The third-order valence-electron chi connectivity index (χ3n) is 4.95. The van der Waals surface area contributed by atoms with Gasteiger partial charge in [0.25, 0.3) is 0 Å². The third-order valence-corrected chi connectivity index (χ3v) is 4.95. The predicted molar refractivity (Wildman–Crippen MR) is 77.1 cm³/mol. The average molecular weight is 404 g/mol. The Kier molecular flexibility index (Phi) is 5.28. The zero-order valence-corrected chi connectivity index (χ0v) is 14.5. The van der Waals surface area contributed by atoms with Crippen LogP contribution in [-0.4, -0.2) is 59.8 Å². The van der Waals surface area contributed by atoms with Gasteiger partial charge in [-0.2, -0.15) is 13.2 Å². The minimum atomic E-state index is -5.18. The van der Waals surface area contributed by atoms with Crippen molar-refractivity contribution in [1.82, 2.24) is 10.2 Å². The molecule has 1 aliphatic heterocycles. The van der Waals surface area contributed by atoms with Crippen LogP contribution < -0.4 is 5.32 Å². The minimum Gasteiger partial charge on any atom is -0.344 e. The zero-order chi connectivity index (χ0) is 20.8. The average Bonchev–Trinajstić information content (AvgIpc) is 3.18. The highest BCUT2D eigenvalue weighted by Crippen LogP contribution is 2.58. The molecule has 1 heterocycles. The number of carbonyl (C=O) groups excluding carboxylic acids is 3. The Balaban J connectivity index is 2.10. The molecule has 0 bridgehead atoms. The van der Waals surface area contributed by atoms with Gasteiger partial charge in [0.1, 0.15) is 12.1 Å². The fourth-order valence-corrected chi connectivity index (χ4v) is 3.27. The summed E-state index contributed by atoms with van der Waals surface area (Å²) in [4.78, 5) is 36.4. The lowest BCUT2D eigenvalue weighted by Gasteiger charge is -2.34. The number of alkyl halides is 6. The number of rotatable bonds is 5. The second-order valence-corrected chi connectivity index (χ2v) is 7.24. The molecule has 1 N–H and O–H groups in total. The van der Waals surface area contributed by atoms with Crippen LogP contribution in [0, 0.1) is 5.41 Å². The first-order chi connectivity index (χ1) is 12.1. The van der Waals surface area contributed by atoms with Gasteiger partial charge in [0.05, 0.1) is 6.04 Å². The van der Waals surface area contributed by atoms with Crippen LogP contribution in [0.15, 0.2) is 0 Å². The summed E-state index contributed by atoms with van der Waals surface area (Å²) in [7, 11) is 0. The van der Waals surface area contributed by atoms with E-state index in [-0.39, 0.29) is 13.0 Å². The van der Waals surface area contributed by atoms with Crippen LogP contribution in [0.4, 0.5) is 26.3 Å². The lowest BCUT2D eigenvalue weighted by Crippen LogP contribution is -2.60. The summed E-state index contributed by atoms with van der Waals surface area (Å²) in [6, 6.07) is -1.43. The lowest BCUT2D eigenvalue weighted by atomic mass is 9.91. The molecule has 1 spiro atoms. The summed E-state index contributed by atoms with van der Waals surface area (Å²) in [5.41, 5.74) is -2.43. The first kappa shape index (κ1) is 21.5. The highest BCUT2D eigenvalue weighted by atomic mass is 19.4. The number of ether oxygens (including phenoxy) is 1. The van der Waals surface area contributed by atoms with Crippen molar-refractivity contribution in [3.63, 3.8) is 0 Å². The highest BCUT2D eigenvalue weighted by Gasteiger charge is 2.64. The van der Waals surface area contributed by atoms with Gasteiger partial charge in [-0.25, -0.2) is 0 Å². The van der Waals surface area contributed by atoms with Gasteiger partial charge in [-0.1, -0.05) is 0 Å². The fraction of sp³-hybridized carbons (Fsp3) is 0.800. The Labute approximate surface area is 150 Å². The maximum absolute atomic E-state index is 12.9. The number of hydrogen-bond donors (Lipinski definition) is 1. The van der Waals surface area contributed by atoms with Gasteiger partial charge in [-0.3, -0.25) is 19.1 Å². The molecule has 1 saturated heterocycles. The monoisotopic (exact) mass is 404 g/mol. The van der Waals surface area contributed by atoms with Crippen LogP contribution in [0.25, 0.3) is 0 Å². The van der Waals surface area contributed by atoms with Crippen molar-refractivity contribution in [2.75, 3.05) is 13.2 Å². The molecule has 1 unspecified atom stereocenters. The van der Waals surface area contributed by atoms with Crippen LogP contribution in [-0.2, 0) is 19.1 Å². The van der Waals surface area contributed by atoms with Crippen molar-refractivity contribution >= 4 is 17.6 Å². The van der Waals surface area contributed by atoms with Crippen molar-refractivity contribution in [3.05, 3.63) is 0 Å². The lowest BCUT2D eigenvalue weighted by molar-refractivity contribution is -0.320. The smallest absolute Gasteiger partial charge is 0.344 e. The summed E-state index contributed by atoms with van der Waals surface area (Å²) < 4.78 is 78.0. The topological polar surface area (TPSA) is 75.7 Å². The van der Waals surface area contributed by atoms with E-state index in [4.69, 9.17) is 0 Å². The molecule has 0 aromatic carbocycles. The number of likely N-dealkylation sites (tertiary alicyclic amines) is 1. The fourth-order valence-electron chi connectivity index (χ4n) is 3.27. The molecule has 27 heavy (non-hydrogen) atoms. The van der Waals surface area contributed by atoms with Crippen LogP contribution >= 0.6 is 0 Å². The maximum atomic E-state index is 12.9. The van der Waals surface area contributed by atoms with Crippen molar-refractivity contribution in [2.45, 2.75) is 57.2 Å². The quantitative estimate of drug-likeness (QED) is 0.711. The molecule has 2 fully saturated rings. The van der Waals surface area contributed by atoms with Gasteiger partial charge in [-0.05, 0) is 38.5 Å². The van der Waals surface area contributed by atoms with E-state index in [1.807, 2.05) is 0 Å². The van der Waals surface area contributed by atoms with Gasteiger partial charge in [-0.15, -0.1) is 13.2 Å². The van der Waals surface area contributed by atoms with E-state index in [0.29, 0.717) is 17.7 Å². The van der Waals surface area contributed by atoms with Crippen LogP contribution in [0.5, 0.6) is 0 Å².